The molecule has 1 unspecified atom stereocenters. The lowest BCUT2D eigenvalue weighted by atomic mass is 9.92. The van der Waals surface area contributed by atoms with Gasteiger partial charge in [0.2, 0.25) is 5.91 Å². The van der Waals surface area contributed by atoms with Crippen LogP contribution in [0.5, 0.6) is 5.75 Å². The van der Waals surface area contributed by atoms with Crippen molar-refractivity contribution in [3.63, 3.8) is 0 Å². The number of carbonyl (C=O) groups excluding carboxylic acids is 3. The van der Waals surface area contributed by atoms with E-state index in [4.69, 9.17) is 4.74 Å². The molecular weight excluding hydrogens is 398 g/mol. The molecule has 164 valence electrons. The van der Waals surface area contributed by atoms with Crippen LogP contribution in [-0.2, 0) is 15.1 Å². The molecule has 3 rings (SSSR count). The van der Waals surface area contributed by atoms with Gasteiger partial charge in [-0.3, -0.25) is 19.4 Å². The predicted octanol–water partition coefficient (Wildman–Crippen LogP) is 1.31. The smallest absolute Gasteiger partial charge is 0.325 e. The summed E-state index contributed by atoms with van der Waals surface area (Å²) in [5.41, 5.74) is -0.694. The van der Waals surface area contributed by atoms with Crippen LogP contribution in [-0.4, -0.2) is 73.4 Å². The number of benzene rings is 1. The molecule has 2 saturated heterocycles. The molecule has 2 heterocycles. The number of halogens is 2. The number of amides is 4. The first-order valence-corrected chi connectivity index (χ1v) is 9.81. The number of carbonyl (C=O) groups is 3. The van der Waals surface area contributed by atoms with E-state index in [-0.39, 0.29) is 12.6 Å². The molecule has 30 heavy (non-hydrogen) atoms. The van der Waals surface area contributed by atoms with Crippen molar-refractivity contribution in [3.8, 4) is 5.75 Å². The normalized spacial score (nSPS) is 23.0. The first-order valence-electron chi connectivity index (χ1n) is 9.81. The summed E-state index contributed by atoms with van der Waals surface area (Å²) in [6.45, 7) is 1.86. The second-order valence-electron chi connectivity index (χ2n) is 7.71. The number of methoxy groups -OCH3 is 1. The van der Waals surface area contributed by atoms with E-state index in [1.165, 1.54) is 7.11 Å². The molecule has 10 heteroatoms. The SMILES string of the molecule is COc1ccc(C2(C)NC(=O)N(CC(=O)NC3CCN(CC(F)F)CC3)C2=O)cc1. The summed E-state index contributed by atoms with van der Waals surface area (Å²) in [7, 11) is 1.53. The van der Waals surface area contributed by atoms with E-state index in [0.717, 1.165) is 4.90 Å². The Bertz CT molecular complexity index is 797. The number of ether oxygens (including phenoxy) is 1. The summed E-state index contributed by atoms with van der Waals surface area (Å²) in [6.07, 6.45) is -1.29. The van der Waals surface area contributed by atoms with E-state index < -0.39 is 36.4 Å². The second-order valence-corrected chi connectivity index (χ2v) is 7.71. The van der Waals surface area contributed by atoms with E-state index >= 15 is 0 Å². The van der Waals surface area contributed by atoms with Crippen LogP contribution in [0.2, 0.25) is 0 Å². The first kappa shape index (κ1) is 21.9. The zero-order valence-corrected chi connectivity index (χ0v) is 17.0. The fraction of sp³-hybridized carbons (Fsp3) is 0.550. The lowest BCUT2D eigenvalue weighted by Gasteiger charge is -2.32. The lowest BCUT2D eigenvalue weighted by Crippen LogP contribution is -2.49. The highest BCUT2D eigenvalue weighted by atomic mass is 19.3. The third-order valence-corrected chi connectivity index (χ3v) is 5.59. The van der Waals surface area contributed by atoms with Crippen LogP contribution >= 0.6 is 0 Å². The highest BCUT2D eigenvalue weighted by molar-refractivity contribution is 6.09. The van der Waals surface area contributed by atoms with Crippen LogP contribution in [0.1, 0.15) is 25.3 Å². The van der Waals surface area contributed by atoms with Gasteiger partial charge in [-0.25, -0.2) is 13.6 Å². The fourth-order valence-corrected chi connectivity index (χ4v) is 3.83. The van der Waals surface area contributed by atoms with E-state index in [1.807, 2.05) is 0 Å². The number of piperidine rings is 1. The van der Waals surface area contributed by atoms with Crippen LogP contribution in [0.3, 0.4) is 0 Å². The average Bonchev–Trinajstić information content (AvgIpc) is 2.93. The largest absolute Gasteiger partial charge is 0.497 e. The molecule has 0 bridgehead atoms. The Kier molecular flexibility index (Phi) is 6.55. The molecule has 4 amide bonds. The molecule has 8 nitrogen and oxygen atoms in total. The molecule has 0 radical (unpaired) electrons. The van der Waals surface area contributed by atoms with Crippen molar-refractivity contribution in [1.82, 2.24) is 20.4 Å². The number of hydrogen-bond donors (Lipinski definition) is 2. The number of hydrogen-bond acceptors (Lipinski definition) is 5. The third kappa shape index (κ3) is 4.69. The number of nitrogens with one attached hydrogen (secondary N) is 2. The molecular formula is C20H26F2N4O4. The van der Waals surface area contributed by atoms with E-state index in [0.29, 0.717) is 37.2 Å². The first-order chi connectivity index (χ1) is 14.2. The monoisotopic (exact) mass is 424 g/mol. The molecule has 1 aromatic carbocycles. The maximum Gasteiger partial charge on any atom is 0.325 e. The highest BCUT2D eigenvalue weighted by Gasteiger charge is 2.49. The molecule has 0 spiro atoms. The molecule has 2 aliphatic heterocycles. The van der Waals surface area contributed by atoms with Crippen LogP contribution in [0.15, 0.2) is 24.3 Å². The van der Waals surface area contributed by atoms with Crippen molar-refractivity contribution in [3.05, 3.63) is 29.8 Å². The standard InChI is InChI=1S/C20H26F2N4O4/c1-20(13-3-5-15(30-2)6-4-13)18(28)26(19(29)24-20)12-17(27)23-14-7-9-25(10-8-14)11-16(21)22/h3-6,14,16H,7-12H2,1-2H3,(H,23,27)(H,24,29). The Morgan fingerprint density at radius 1 is 1.27 bits per heavy atom. The minimum Gasteiger partial charge on any atom is -0.497 e. The molecule has 1 aromatic rings. The van der Waals surface area contributed by atoms with Crippen molar-refractivity contribution in [1.29, 1.82) is 0 Å². The Morgan fingerprint density at radius 2 is 1.90 bits per heavy atom. The molecule has 2 aliphatic rings. The van der Waals surface area contributed by atoms with Crippen LogP contribution < -0.4 is 15.4 Å². The Morgan fingerprint density at radius 3 is 2.47 bits per heavy atom. The van der Waals surface area contributed by atoms with Gasteiger partial charge in [-0.15, -0.1) is 0 Å². The van der Waals surface area contributed by atoms with Crippen molar-refractivity contribution in [2.24, 2.45) is 0 Å². The maximum atomic E-state index is 12.9. The van der Waals surface area contributed by atoms with E-state index in [2.05, 4.69) is 10.6 Å². The van der Waals surface area contributed by atoms with Crippen molar-refractivity contribution in [2.75, 3.05) is 33.3 Å². The maximum absolute atomic E-state index is 12.9. The molecule has 1 atom stereocenters. The Balaban J connectivity index is 1.57. The van der Waals surface area contributed by atoms with Gasteiger partial charge in [0, 0.05) is 19.1 Å². The van der Waals surface area contributed by atoms with Crippen LogP contribution in [0.4, 0.5) is 13.6 Å². The Labute approximate surface area is 173 Å². The molecule has 0 aliphatic carbocycles. The number of rotatable bonds is 7. The van der Waals surface area contributed by atoms with Gasteiger partial charge >= 0.3 is 6.03 Å². The number of imide groups is 1. The minimum atomic E-state index is -2.38. The van der Waals surface area contributed by atoms with Gasteiger partial charge in [-0.05, 0) is 37.5 Å². The van der Waals surface area contributed by atoms with Gasteiger partial charge in [-0.2, -0.15) is 0 Å². The summed E-state index contributed by atoms with van der Waals surface area (Å²) in [5, 5.41) is 5.46. The van der Waals surface area contributed by atoms with Gasteiger partial charge in [0.15, 0.2) is 0 Å². The van der Waals surface area contributed by atoms with Gasteiger partial charge in [0.1, 0.15) is 17.8 Å². The summed E-state index contributed by atoms with van der Waals surface area (Å²) < 4.78 is 30.0. The topological polar surface area (TPSA) is 91.0 Å². The van der Waals surface area contributed by atoms with E-state index in [9.17, 15) is 23.2 Å². The van der Waals surface area contributed by atoms with Gasteiger partial charge in [0.25, 0.3) is 12.3 Å². The average molecular weight is 424 g/mol. The van der Waals surface area contributed by atoms with Crippen LogP contribution in [0.25, 0.3) is 0 Å². The van der Waals surface area contributed by atoms with Crippen molar-refractivity contribution >= 4 is 17.8 Å². The highest BCUT2D eigenvalue weighted by Crippen LogP contribution is 2.29. The summed E-state index contributed by atoms with van der Waals surface area (Å²) >= 11 is 0. The summed E-state index contributed by atoms with van der Waals surface area (Å²) in [5.74, 6) is -0.348. The Hall–Kier alpha value is -2.75. The van der Waals surface area contributed by atoms with Crippen molar-refractivity contribution < 1.29 is 27.9 Å². The second kappa shape index (κ2) is 8.95. The third-order valence-electron chi connectivity index (χ3n) is 5.59. The lowest BCUT2D eigenvalue weighted by molar-refractivity contribution is -0.135. The number of nitrogens with zero attached hydrogens (tertiary/aromatic N) is 2. The molecule has 0 saturated carbocycles. The minimum absolute atomic E-state index is 0.167. The fourth-order valence-electron chi connectivity index (χ4n) is 3.83. The number of alkyl halides is 2. The molecule has 2 N–H and O–H groups in total. The van der Waals surface area contributed by atoms with E-state index in [1.54, 1.807) is 36.1 Å². The number of likely N-dealkylation sites (tertiary alicyclic amines) is 1. The molecule has 0 aromatic heterocycles. The van der Waals surface area contributed by atoms with Gasteiger partial charge < -0.3 is 15.4 Å². The van der Waals surface area contributed by atoms with Crippen molar-refractivity contribution in [2.45, 2.75) is 37.8 Å². The molecule has 2 fully saturated rings. The zero-order chi connectivity index (χ0) is 21.9. The van der Waals surface area contributed by atoms with Gasteiger partial charge in [-0.1, -0.05) is 12.1 Å². The van der Waals surface area contributed by atoms with Crippen LogP contribution in [0, 0.1) is 0 Å². The van der Waals surface area contributed by atoms with Gasteiger partial charge in [0.05, 0.1) is 13.7 Å². The predicted molar refractivity (Wildman–Crippen MR) is 104 cm³/mol. The summed E-state index contributed by atoms with van der Waals surface area (Å²) in [6, 6.07) is 5.95. The quantitative estimate of drug-likeness (QED) is 0.644. The zero-order valence-electron chi connectivity index (χ0n) is 17.0. The summed E-state index contributed by atoms with van der Waals surface area (Å²) in [4.78, 5) is 40.3. The number of urea groups is 1.